The first-order chi connectivity index (χ1) is 10.1. The van der Waals surface area contributed by atoms with Crippen molar-refractivity contribution in [2.45, 2.75) is 25.7 Å². The van der Waals surface area contributed by atoms with E-state index < -0.39 is 17.8 Å². The standard InChI is InChI=1S/C16H19NO4/c18-11-10-17(12-6-2-1-3-7-12)15(19)13-8-4-5-9-14(13)16(20)21/h1-3,6-7,11,13-14H,4-5,8-10H2,(H,20,21)/t13-,14+/m0/s1. The number of rotatable bonds is 5. The van der Waals surface area contributed by atoms with E-state index in [1.807, 2.05) is 6.07 Å². The van der Waals surface area contributed by atoms with E-state index in [0.29, 0.717) is 24.8 Å². The van der Waals surface area contributed by atoms with Crippen molar-refractivity contribution in [1.82, 2.24) is 0 Å². The Morgan fingerprint density at radius 2 is 1.76 bits per heavy atom. The van der Waals surface area contributed by atoms with E-state index in [4.69, 9.17) is 0 Å². The van der Waals surface area contributed by atoms with Gasteiger partial charge >= 0.3 is 5.97 Å². The first-order valence-corrected chi connectivity index (χ1v) is 7.18. The number of carbonyl (C=O) groups excluding carboxylic acids is 2. The molecular formula is C16H19NO4. The number of nitrogens with zero attached hydrogens (tertiary/aromatic N) is 1. The number of aliphatic carboxylic acids is 1. The van der Waals surface area contributed by atoms with Gasteiger partial charge < -0.3 is 14.8 Å². The lowest BCUT2D eigenvalue weighted by Gasteiger charge is -2.32. The maximum atomic E-state index is 12.7. The Labute approximate surface area is 123 Å². The second kappa shape index (κ2) is 7.02. The summed E-state index contributed by atoms with van der Waals surface area (Å²) in [6.07, 6.45) is 3.45. The topological polar surface area (TPSA) is 74.7 Å². The van der Waals surface area contributed by atoms with Gasteiger partial charge in [0.1, 0.15) is 6.29 Å². The van der Waals surface area contributed by atoms with E-state index in [-0.39, 0.29) is 12.5 Å². The fraction of sp³-hybridized carbons (Fsp3) is 0.438. The molecule has 0 bridgehead atoms. The molecule has 0 radical (unpaired) electrons. The molecule has 1 aromatic rings. The van der Waals surface area contributed by atoms with Gasteiger partial charge in [0.25, 0.3) is 0 Å². The van der Waals surface area contributed by atoms with Crippen LogP contribution in [0.4, 0.5) is 5.69 Å². The van der Waals surface area contributed by atoms with Crippen molar-refractivity contribution in [1.29, 1.82) is 0 Å². The number of anilines is 1. The second-order valence-electron chi connectivity index (χ2n) is 5.29. The normalized spacial score (nSPS) is 21.5. The molecule has 0 unspecified atom stereocenters. The van der Waals surface area contributed by atoms with Crippen LogP contribution in [0.25, 0.3) is 0 Å². The number of benzene rings is 1. The molecule has 0 aliphatic heterocycles. The lowest BCUT2D eigenvalue weighted by Crippen LogP contribution is -2.43. The third kappa shape index (κ3) is 3.48. The predicted octanol–water partition coefficient (Wildman–Crippen LogP) is 2.11. The number of carbonyl (C=O) groups is 3. The van der Waals surface area contributed by atoms with Gasteiger partial charge in [-0.15, -0.1) is 0 Å². The maximum absolute atomic E-state index is 12.7. The Kier molecular flexibility index (Phi) is 5.09. The van der Waals surface area contributed by atoms with Gasteiger partial charge in [-0.05, 0) is 25.0 Å². The van der Waals surface area contributed by atoms with E-state index in [9.17, 15) is 19.5 Å². The fourth-order valence-corrected chi connectivity index (χ4v) is 2.93. The summed E-state index contributed by atoms with van der Waals surface area (Å²) < 4.78 is 0. The minimum absolute atomic E-state index is 0.0499. The van der Waals surface area contributed by atoms with Crippen LogP contribution in [-0.2, 0) is 14.4 Å². The molecule has 112 valence electrons. The molecule has 0 saturated heterocycles. The zero-order valence-electron chi connectivity index (χ0n) is 11.8. The molecule has 21 heavy (non-hydrogen) atoms. The van der Waals surface area contributed by atoms with Crippen LogP contribution in [-0.4, -0.2) is 29.8 Å². The number of amides is 1. The van der Waals surface area contributed by atoms with Gasteiger partial charge in [0.2, 0.25) is 5.91 Å². The molecule has 1 saturated carbocycles. The van der Waals surface area contributed by atoms with Gasteiger partial charge in [-0.3, -0.25) is 9.59 Å². The van der Waals surface area contributed by atoms with Crippen LogP contribution in [0.1, 0.15) is 25.7 Å². The first kappa shape index (κ1) is 15.2. The van der Waals surface area contributed by atoms with E-state index in [2.05, 4.69) is 0 Å². The zero-order valence-corrected chi connectivity index (χ0v) is 11.8. The molecule has 5 heteroatoms. The van der Waals surface area contributed by atoms with E-state index >= 15 is 0 Å². The Hall–Kier alpha value is -2.17. The van der Waals surface area contributed by atoms with E-state index in [1.165, 1.54) is 4.90 Å². The average Bonchev–Trinajstić information content (AvgIpc) is 2.52. The van der Waals surface area contributed by atoms with E-state index in [0.717, 1.165) is 12.8 Å². The molecule has 0 spiro atoms. The average molecular weight is 289 g/mol. The highest BCUT2D eigenvalue weighted by Gasteiger charge is 2.38. The van der Waals surface area contributed by atoms with Crippen molar-refractivity contribution in [2.24, 2.45) is 11.8 Å². The monoisotopic (exact) mass is 289 g/mol. The Balaban J connectivity index is 2.25. The molecule has 2 rings (SSSR count). The molecule has 0 aromatic heterocycles. The van der Waals surface area contributed by atoms with Crippen molar-refractivity contribution in [3.8, 4) is 0 Å². The minimum Gasteiger partial charge on any atom is -0.481 e. The molecule has 0 heterocycles. The van der Waals surface area contributed by atoms with Crippen molar-refractivity contribution in [3.05, 3.63) is 30.3 Å². The number of hydrogen-bond acceptors (Lipinski definition) is 3. The van der Waals surface area contributed by atoms with Crippen LogP contribution < -0.4 is 4.90 Å². The number of aldehydes is 1. The summed E-state index contributed by atoms with van der Waals surface area (Å²) in [6.45, 7) is -0.0499. The molecule has 1 fully saturated rings. The Bertz CT molecular complexity index is 514. The predicted molar refractivity (Wildman–Crippen MR) is 77.9 cm³/mol. The molecule has 5 nitrogen and oxygen atoms in total. The van der Waals surface area contributed by atoms with Crippen molar-refractivity contribution >= 4 is 23.9 Å². The number of hydrogen-bond donors (Lipinski definition) is 1. The van der Waals surface area contributed by atoms with Crippen LogP contribution in [0.5, 0.6) is 0 Å². The molecular weight excluding hydrogens is 270 g/mol. The molecule has 1 aromatic carbocycles. The van der Waals surface area contributed by atoms with Crippen molar-refractivity contribution < 1.29 is 19.5 Å². The van der Waals surface area contributed by atoms with Gasteiger partial charge in [0.15, 0.2) is 0 Å². The van der Waals surface area contributed by atoms with Gasteiger partial charge in [-0.25, -0.2) is 0 Å². The van der Waals surface area contributed by atoms with E-state index in [1.54, 1.807) is 24.3 Å². The summed E-state index contributed by atoms with van der Waals surface area (Å²) in [4.78, 5) is 36.3. The lowest BCUT2D eigenvalue weighted by atomic mass is 9.78. The van der Waals surface area contributed by atoms with Crippen molar-refractivity contribution in [3.63, 3.8) is 0 Å². The second-order valence-corrected chi connectivity index (χ2v) is 5.29. The first-order valence-electron chi connectivity index (χ1n) is 7.18. The van der Waals surface area contributed by atoms with Crippen molar-refractivity contribution in [2.75, 3.05) is 11.4 Å². The van der Waals surface area contributed by atoms with Gasteiger partial charge in [0.05, 0.1) is 18.4 Å². The van der Waals surface area contributed by atoms with Gasteiger partial charge in [0, 0.05) is 5.69 Å². The minimum atomic E-state index is -0.924. The highest BCUT2D eigenvalue weighted by atomic mass is 16.4. The lowest BCUT2D eigenvalue weighted by molar-refractivity contribution is -0.148. The maximum Gasteiger partial charge on any atom is 0.307 e. The van der Waals surface area contributed by atoms with Crippen LogP contribution in [0.2, 0.25) is 0 Å². The largest absolute Gasteiger partial charge is 0.481 e. The molecule has 2 atom stereocenters. The molecule has 1 N–H and O–H groups in total. The summed E-state index contributed by atoms with van der Waals surface area (Å²) in [7, 11) is 0. The number of carboxylic acids is 1. The third-order valence-corrected chi connectivity index (χ3v) is 3.99. The Morgan fingerprint density at radius 3 is 2.33 bits per heavy atom. The van der Waals surface area contributed by atoms with Crippen LogP contribution >= 0.6 is 0 Å². The Morgan fingerprint density at radius 1 is 1.14 bits per heavy atom. The number of carboxylic acid groups (broad SMARTS) is 1. The van der Waals surface area contributed by atoms with Crippen LogP contribution in [0.3, 0.4) is 0 Å². The van der Waals surface area contributed by atoms with Crippen LogP contribution in [0.15, 0.2) is 30.3 Å². The van der Waals surface area contributed by atoms with Crippen LogP contribution in [0, 0.1) is 11.8 Å². The zero-order chi connectivity index (χ0) is 15.2. The van der Waals surface area contributed by atoms with Gasteiger partial charge in [-0.2, -0.15) is 0 Å². The summed E-state index contributed by atoms with van der Waals surface area (Å²) in [5.41, 5.74) is 0.629. The van der Waals surface area contributed by atoms with Gasteiger partial charge in [-0.1, -0.05) is 31.0 Å². The third-order valence-electron chi connectivity index (χ3n) is 3.99. The quantitative estimate of drug-likeness (QED) is 0.842. The fourth-order valence-electron chi connectivity index (χ4n) is 2.93. The molecule has 1 aliphatic carbocycles. The number of para-hydroxylation sites is 1. The summed E-state index contributed by atoms with van der Waals surface area (Å²) in [5, 5.41) is 9.30. The summed E-state index contributed by atoms with van der Waals surface area (Å²) in [6, 6.07) is 8.90. The summed E-state index contributed by atoms with van der Waals surface area (Å²) >= 11 is 0. The summed E-state index contributed by atoms with van der Waals surface area (Å²) in [5.74, 6) is -2.38. The smallest absolute Gasteiger partial charge is 0.307 e. The highest BCUT2D eigenvalue weighted by Crippen LogP contribution is 2.32. The molecule has 1 aliphatic rings. The highest BCUT2D eigenvalue weighted by molar-refractivity contribution is 5.99. The molecule has 1 amide bonds. The SMILES string of the molecule is O=CCN(C(=O)[C@H]1CCCC[C@H]1C(=O)O)c1ccccc1.